The van der Waals surface area contributed by atoms with E-state index in [9.17, 15) is 0 Å². The van der Waals surface area contributed by atoms with Crippen LogP contribution in [0.4, 0.5) is 0 Å². The molecule has 1 heterocycles. The van der Waals surface area contributed by atoms with Gasteiger partial charge in [-0.3, -0.25) is 0 Å². The second kappa shape index (κ2) is 5.50. The molecule has 4 nitrogen and oxygen atoms in total. The molecule has 2 aromatic rings. The molecule has 0 fully saturated rings. The van der Waals surface area contributed by atoms with E-state index in [-0.39, 0.29) is 0 Å². The van der Waals surface area contributed by atoms with Gasteiger partial charge in [-0.2, -0.15) is 0 Å². The van der Waals surface area contributed by atoms with Crippen molar-refractivity contribution in [3.05, 3.63) is 41.6 Å². The summed E-state index contributed by atoms with van der Waals surface area (Å²) in [4.78, 5) is 0. The van der Waals surface area contributed by atoms with Crippen molar-refractivity contribution >= 4 is 11.6 Å². The van der Waals surface area contributed by atoms with Crippen LogP contribution < -0.4 is 9.47 Å². The molecular formula is C12H11ClN2O2. The third-order valence-corrected chi connectivity index (χ3v) is 2.17. The molecule has 1 aromatic heterocycles. The number of benzene rings is 1. The van der Waals surface area contributed by atoms with Gasteiger partial charge in [0.05, 0.1) is 6.61 Å². The van der Waals surface area contributed by atoms with Gasteiger partial charge in [0.15, 0.2) is 16.7 Å². The number of para-hydroxylation sites is 2. The predicted molar refractivity (Wildman–Crippen MR) is 64.7 cm³/mol. The van der Waals surface area contributed by atoms with Gasteiger partial charge in [-0.1, -0.05) is 23.7 Å². The number of hydrogen-bond donors (Lipinski definition) is 0. The van der Waals surface area contributed by atoms with Crippen molar-refractivity contribution in [3.8, 4) is 17.4 Å². The first-order valence-electron chi connectivity index (χ1n) is 5.18. The molecule has 0 aliphatic heterocycles. The van der Waals surface area contributed by atoms with Crippen molar-refractivity contribution < 1.29 is 9.47 Å². The summed E-state index contributed by atoms with van der Waals surface area (Å²) >= 11 is 5.64. The lowest BCUT2D eigenvalue weighted by Gasteiger charge is -2.09. The van der Waals surface area contributed by atoms with Crippen LogP contribution in [0.15, 0.2) is 36.4 Å². The first kappa shape index (κ1) is 11.7. The Morgan fingerprint density at radius 1 is 1.06 bits per heavy atom. The van der Waals surface area contributed by atoms with Gasteiger partial charge in [-0.15, -0.1) is 10.2 Å². The Labute approximate surface area is 104 Å². The van der Waals surface area contributed by atoms with E-state index in [2.05, 4.69) is 10.2 Å². The SMILES string of the molecule is CCOc1ccccc1Oc1ccc(Cl)nn1. The second-order valence-corrected chi connectivity index (χ2v) is 3.56. The number of aromatic nitrogens is 2. The highest BCUT2D eigenvalue weighted by Crippen LogP contribution is 2.30. The zero-order valence-corrected chi connectivity index (χ0v) is 10.0. The van der Waals surface area contributed by atoms with Gasteiger partial charge in [-0.05, 0) is 25.1 Å². The third-order valence-electron chi connectivity index (χ3n) is 1.97. The highest BCUT2D eigenvalue weighted by atomic mass is 35.5. The van der Waals surface area contributed by atoms with E-state index in [1.807, 2.05) is 25.1 Å². The van der Waals surface area contributed by atoms with Crippen molar-refractivity contribution in [3.63, 3.8) is 0 Å². The number of nitrogens with zero attached hydrogens (tertiary/aromatic N) is 2. The summed E-state index contributed by atoms with van der Waals surface area (Å²) in [6.07, 6.45) is 0. The maximum absolute atomic E-state index is 5.64. The maximum atomic E-state index is 5.64. The fourth-order valence-electron chi connectivity index (χ4n) is 1.28. The highest BCUT2D eigenvalue weighted by molar-refractivity contribution is 6.29. The van der Waals surface area contributed by atoms with Crippen LogP contribution in [0.25, 0.3) is 0 Å². The number of halogens is 1. The molecule has 2 rings (SSSR count). The molecule has 0 bridgehead atoms. The molecule has 0 atom stereocenters. The molecule has 0 unspecified atom stereocenters. The number of hydrogen-bond acceptors (Lipinski definition) is 4. The predicted octanol–water partition coefficient (Wildman–Crippen LogP) is 3.32. The maximum Gasteiger partial charge on any atom is 0.239 e. The summed E-state index contributed by atoms with van der Waals surface area (Å²) in [5, 5.41) is 7.84. The van der Waals surface area contributed by atoms with Crippen LogP contribution in [-0.4, -0.2) is 16.8 Å². The summed E-state index contributed by atoms with van der Waals surface area (Å²) in [7, 11) is 0. The van der Waals surface area contributed by atoms with Crippen LogP contribution in [0, 0.1) is 0 Å². The molecular weight excluding hydrogens is 240 g/mol. The lowest BCUT2D eigenvalue weighted by atomic mass is 10.3. The summed E-state index contributed by atoms with van der Waals surface area (Å²) in [6.45, 7) is 2.49. The summed E-state index contributed by atoms with van der Waals surface area (Å²) in [6, 6.07) is 10.7. The Kier molecular flexibility index (Phi) is 3.77. The smallest absolute Gasteiger partial charge is 0.239 e. The van der Waals surface area contributed by atoms with E-state index in [1.54, 1.807) is 18.2 Å². The molecule has 0 amide bonds. The van der Waals surface area contributed by atoms with Crippen molar-refractivity contribution in [2.75, 3.05) is 6.61 Å². The fourth-order valence-corrected chi connectivity index (χ4v) is 1.38. The fraction of sp³-hybridized carbons (Fsp3) is 0.167. The van der Waals surface area contributed by atoms with E-state index in [4.69, 9.17) is 21.1 Å². The number of rotatable bonds is 4. The van der Waals surface area contributed by atoms with E-state index < -0.39 is 0 Å². The molecule has 1 aromatic carbocycles. The first-order chi connectivity index (χ1) is 8.29. The summed E-state index contributed by atoms with van der Waals surface area (Å²) in [5.74, 6) is 1.65. The van der Waals surface area contributed by atoms with Gasteiger partial charge >= 0.3 is 0 Å². The van der Waals surface area contributed by atoms with Crippen molar-refractivity contribution in [2.45, 2.75) is 6.92 Å². The quantitative estimate of drug-likeness (QED) is 0.835. The van der Waals surface area contributed by atoms with Crippen LogP contribution in [0.3, 0.4) is 0 Å². The molecule has 5 heteroatoms. The molecule has 0 saturated carbocycles. The zero-order chi connectivity index (χ0) is 12.1. The van der Waals surface area contributed by atoms with Crippen molar-refractivity contribution in [1.82, 2.24) is 10.2 Å². The minimum atomic E-state index is 0.329. The van der Waals surface area contributed by atoms with E-state index in [0.29, 0.717) is 29.1 Å². The second-order valence-electron chi connectivity index (χ2n) is 3.18. The van der Waals surface area contributed by atoms with Crippen molar-refractivity contribution in [1.29, 1.82) is 0 Å². The van der Waals surface area contributed by atoms with Crippen LogP contribution in [-0.2, 0) is 0 Å². The van der Waals surface area contributed by atoms with Gasteiger partial charge in [0, 0.05) is 6.07 Å². The molecule has 0 saturated heterocycles. The lowest BCUT2D eigenvalue weighted by molar-refractivity contribution is 0.319. The Morgan fingerprint density at radius 2 is 1.82 bits per heavy atom. The Bertz CT molecular complexity index is 488. The molecule has 0 aliphatic rings. The highest BCUT2D eigenvalue weighted by Gasteiger charge is 2.05. The number of ether oxygens (including phenoxy) is 2. The topological polar surface area (TPSA) is 44.2 Å². The first-order valence-corrected chi connectivity index (χ1v) is 5.56. The average Bonchev–Trinajstić information content (AvgIpc) is 2.35. The van der Waals surface area contributed by atoms with Gasteiger partial charge in [-0.25, -0.2) is 0 Å². The Morgan fingerprint density at radius 3 is 2.47 bits per heavy atom. The largest absolute Gasteiger partial charge is 0.490 e. The molecule has 0 N–H and O–H groups in total. The standard InChI is InChI=1S/C12H11ClN2O2/c1-2-16-9-5-3-4-6-10(9)17-12-8-7-11(13)14-15-12/h3-8H,2H2,1H3. The molecule has 17 heavy (non-hydrogen) atoms. The Balaban J connectivity index is 2.20. The molecule has 88 valence electrons. The summed E-state index contributed by atoms with van der Waals surface area (Å²) in [5.41, 5.74) is 0. The third kappa shape index (κ3) is 3.07. The van der Waals surface area contributed by atoms with Gasteiger partial charge in [0.2, 0.25) is 5.88 Å². The van der Waals surface area contributed by atoms with Crippen LogP contribution >= 0.6 is 11.6 Å². The molecule has 0 radical (unpaired) electrons. The van der Waals surface area contributed by atoms with E-state index in [1.165, 1.54) is 0 Å². The van der Waals surface area contributed by atoms with Crippen LogP contribution in [0.5, 0.6) is 17.4 Å². The zero-order valence-electron chi connectivity index (χ0n) is 9.26. The Hall–Kier alpha value is -1.81. The molecule has 0 aliphatic carbocycles. The minimum Gasteiger partial charge on any atom is -0.490 e. The summed E-state index contributed by atoms with van der Waals surface area (Å²) < 4.78 is 11.0. The lowest BCUT2D eigenvalue weighted by Crippen LogP contribution is -1.96. The van der Waals surface area contributed by atoms with Crippen molar-refractivity contribution in [2.24, 2.45) is 0 Å². The van der Waals surface area contributed by atoms with Gasteiger partial charge in [0.1, 0.15) is 0 Å². The van der Waals surface area contributed by atoms with E-state index in [0.717, 1.165) is 0 Å². The monoisotopic (exact) mass is 250 g/mol. The van der Waals surface area contributed by atoms with Crippen LogP contribution in [0.2, 0.25) is 5.15 Å². The van der Waals surface area contributed by atoms with Gasteiger partial charge < -0.3 is 9.47 Å². The average molecular weight is 251 g/mol. The van der Waals surface area contributed by atoms with Gasteiger partial charge in [0.25, 0.3) is 0 Å². The normalized spacial score (nSPS) is 10.0. The van der Waals surface area contributed by atoms with E-state index >= 15 is 0 Å². The molecule has 0 spiro atoms. The minimum absolute atomic E-state index is 0.329. The van der Waals surface area contributed by atoms with Crippen LogP contribution in [0.1, 0.15) is 6.92 Å².